The predicted octanol–water partition coefficient (Wildman–Crippen LogP) is 2.19. The van der Waals surface area contributed by atoms with Crippen LogP contribution >= 0.6 is 15.9 Å². The lowest BCUT2D eigenvalue weighted by Gasteiger charge is -2.08. The topological polar surface area (TPSA) is 69.7 Å². The SMILES string of the molecule is COCCCS(=O)(=O)Cc1ccc(C(=O)OC)cc1Br. The van der Waals surface area contributed by atoms with Crippen LogP contribution in [-0.2, 0) is 25.1 Å². The summed E-state index contributed by atoms with van der Waals surface area (Å²) in [7, 11) is -0.362. The van der Waals surface area contributed by atoms with Crippen molar-refractivity contribution in [3.63, 3.8) is 0 Å². The summed E-state index contributed by atoms with van der Waals surface area (Å²) in [5, 5.41) is 0. The van der Waals surface area contributed by atoms with Crippen molar-refractivity contribution in [1.82, 2.24) is 0 Å². The first kappa shape index (κ1) is 17.1. The highest BCUT2D eigenvalue weighted by Crippen LogP contribution is 2.21. The first-order chi connectivity index (χ1) is 9.39. The highest BCUT2D eigenvalue weighted by Gasteiger charge is 2.15. The van der Waals surface area contributed by atoms with Crippen molar-refractivity contribution in [2.45, 2.75) is 12.2 Å². The Labute approximate surface area is 127 Å². The van der Waals surface area contributed by atoms with Gasteiger partial charge in [0.1, 0.15) is 0 Å². The number of benzene rings is 1. The van der Waals surface area contributed by atoms with E-state index in [-0.39, 0.29) is 11.5 Å². The van der Waals surface area contributed by atoms with E-state index >= 15 is 0 Å². The Bertz CT molecular complexity index is 568. The fourth-order valence-electron chi connectivity index (χ4n) is 1.64. The molecule has 1 aromatic carbocycles. The minimum atomic E-state index is -3.19. The number of esters is 1. The van der Waals surface area contributed by atoms with Gasteiger partial charge in [-0.1, -0.05) is 22.0 Å². The Kier molecular flexibility index (Phi) is 6.64. The summed E-state index contributed by atoms with van der Waals surface area (Å²) >= 11 is 3.28. The molecule has 1 aromatic rings. The second kappa shape index (κ2) is 7.75. The molecule has 0 amide bonds. The number of sulfone groups is 1. The maximum atomic E-state index is 11.9. The lowest BCUT2D eigenvalue weighted by Crippen LogP contribution is -2.12. The third kappa shape index (κ3) is 5.22. The molecular formula is C13H17BrO5S. The van der Waals surface area contributed by atoms with Crippen LogP contribution in [-0.4, -0.2) is 41.0 Å². The Morgan fingerprint density at radius 1 is 1.30 bits per heavy atom. The van der Waals surface area contributed by atoms with E-state index in [4.69, 9.17) is 4.74 Å². The lowest BCUT2D eigenvalue weighted by atomic mass is 10.1. The average Bonchev–Trinajstić information content (AvgIpc) is 2.40. The highest BCUT2D eigenvalue weighted by atomic mass is 79.9. The summed E-state index contributed by atoms with van der Waals surface area (Å²) in [5.74, 6) is -0.453. The molecule has 0 radical (unpaired) electrons. The first-order valence-corrected chi connectivity index (χ1v) is 8.57. The summed E-state index contributed by atoms with van der Waals surface area (Å²) in [6.45, 7) is 0.418. The van der Waals surface area contributed by atoms with Crippen molar-refractivity contribution in [1.29, 1.82) is 0 Å². The second-order valence-electron chi connectivity index (χ2n) is 4.24. The molecule has 0 aliphatic heterocycles. The summed E-state index contributed by atoms with van der Waals surface area (Å²) in [5.41, 5.74) is 0.995. The van der Waals surface area contributed by atoms with E-state index in [1.54, 1.807) is 18.2 Å². The fourth-order valence-corrected chi connectivity index (χ4v) is 3.77. The van der Waals surface area contributed by atoms with Crippen LogP contribution in [0.3, 0.4) is 0 Å². The molecule has 1 rings (SSSR count). The average molecular weight is 365 g/mol. The number of methoxy groups -OCH3 is 2. The molecule has 0 aliphatic rings. The van der Waals surface area contributed by atoms with Gasteiger partial charge in [0.2, 0.25) is 0 Å². The van der Waals surface area contributed by atoms with Crippen LogP contribution < -0.4 is 0 Å². The molecule has 112 valence electrons. The number of hydrogen-bond donors (Lipinski definition) is 0. The van der Waals surface area contributed by atoms with Crippen LogP contribution in [0.4, 0.5) is 0 Å². The van der Waals surface area contributed by atoms with Crippen LogP contribution in [0.1, 0.15) is 22.3 Å². The molecule has 0 atom stereocenters. The van der Waals surface area contributed by atoms with E-state index in [0.717, 1.165) is 0 Å². The zero-order valence-corrected chi connectivity index (χ0v) is 13.8. The van der Waals surface area contributed by atoms with Crippen molar-refractivity contribution in [3.8, 4) is 0 Å². The smallest absolute Gasteiger partial charge is 0.337 e. The van der Waals surface area contributed by atoms with Crippen LogP contribution in [0.15, 0.2) is 22.7 Å². The van der Waals surface area contributed by atoms with Crippen LogP contribution in [0.2, 0.25) is 0 Å². The quantitative estimate of drug-likeness (QED) is 0.547. The first-order valence-electron chi connectivity index (χ1n) is 5.95. The number of rotatable bonds is 7. The Morgan fingerprint density at radius 2 is 2.00 bits per heavy atom. The van der Waals surface area contributed by atoms with E-state index in [1.807, 2.05) is 0 Å². The molecule has 0 aromatic heterocycles. The van der Waals surface area contributed by atoms with Gasteiger partial charge in [-0.25, -0.2) is 13.2 Å². The molecule has 0 saturated carbocycles. The second-order valence-corrected chi connectivity index (χ2v) is 7.27. The van der Waals surface area contributed by atoms with E-state index in [2.05, 4.69) is 20.7 Å². The zero-order chi connectivity index (χ0) is 15.2. The number of hydrogen-bond acceptors (Lipinski definition) is 5. The van der Waals surface area contributed by atoms with Gasteiger partial charge in [0.15, 0.2) is 9.84 Å². The number of halogens is 1. The molecule has 0 spiro atoms. The van der Waals surface area contributed by atoms with Gasteiger partial charge >= 0.3 is 5.97 Å². The van der Waals surface area contributed by atoms with Crippen molar-refractivity contribution >= 4 is 31.7 Å². The maximum absolute atomic E-state index is 11.9. The molecule has 0 heterocycles. The molecule has 0 aliphatic carbocycles. The Balaban J connectivity index is 2.80. The van der Waals surface area contributed by atoms with E-state index in [9.17, 15) is 13.2 Å². The number of carbonyl (C=O) groups excluding carboxylic acids is 1. The third-order valence-corrected chi connectivity index (χ3v) is 5.05. The van der Waals surface area contributed by atoms with Crippen molar-refractivity contribution < 1.29 is 22.7 Å². The van der Waals surface area contributed by atoms with Gasteiger partial charge in [-0.3, -0.25) is 0 Å². The van der Waals surface area contributed by atoms with Crippen LogP contribution in [0.5, 0.6) is 0 Å². The molecule has 0 N–H and O–H groups in total. The Hall–Kier alpha value is -0.920. The fraction of sp³-hybridized carbons (Fsp3) is 0.462. The van der Waals surface area contributed by atoms with Gasteiger partial charge in [-0.2, -0.15) is 0 Å². The molecule has 0 saturated heterocycles. The summed E-state index contributed by atoms with van der Waals surface area (Å²) in [6, 6.07) is 4.73. The molecular weight excluding hydrogens is 348 g/mol. The van der Waals surface area contributed by atoms with E-state index < -0.39 is 15.8 Å². The molecule has 0 fully saturated rings. The lowest BCUT2D eigenvalue weighted by molar-refractivity contribution is 0.0600. The highest BCUT2D eigenvalue weighted by molar-refractivity contribution is 9.10. The zero-order valence-electron chi connectivity index (χ0n) is 11.4. The third-order valence-electron chi connectivity index (χ3n) is 2.65. The molecule has 0 unspecified atom stereocenters. The van der Waals surface area contributed by atoms with E-state index in [1.165, 1.54) is 14.2 Å². The predicted molar refractivity (Wildman–Crippen MR) is 79.5 cm³/mol. The van der Waals surface area contributed by atoms with Crippen molar-refractivity contribution in [3.05, 3.63) is 33.8 Å². The molecule has 20 heavy (non-hydrogen) atoms. The van der Waals surface area contributed by atoms with Gasteiger partial charge in [0.05, 0.1) is 24.2 Å². The summed E-state index contributed by atoms with van der Waals surface area (Å²) in [6.07, 6.45) is 0.469. The van der Waals surface area contributed by atoms with Crippen molar-refractivity contribution in [2.75, 3.05) is 26.6 Å². The van der Waals surface area contributed by atoms with Gasteiger partial charge in [-0.05, 0) is 24.1 Å². The largest absolute Gasteiger partial charge is 0.465 e. The maximum Gasteiger partial charge on any atom is 0.337 e. The van der Waals surface area contributed by atoms with E-state index in [0.29, 0.717) is 28.6 Å². The minimum Gasteiger partial charge on any atom is -0.465 e. The molecule has 0 bridgehead atoms. The number of carbonyl (C=O) groups is 1. The van der Waals surface area contributed by atoms with Crippen LogP contribution in [0.25, 0.3) is 0 Å². The minimum absolute atomic E-state index is 0.0707. The standard InChI is InChI=1S/C13H17BrO5S/c1-18-6-3-7-20(16,17)9-11-5-4-10(8-12(11)14)13(15)19-2/h4-5,8H,3,6-7,9H2,1-2H3. The van der Waals surface area contributed by atoms with Gasteiger partial charge in [0.25, 0.3) is 0 Å². The van der Waals surface area contributed by atoms with Gasteiger partial charge < -0.3 is 9.47 Å². The van der Waals surface area contributed by atoms with Gasteiger partial charge in [0, 0.05) is 18.2 Å². The summed E-state index contributed by atoms with van der Waals surface area (Å²) < 4.78 is 33.9. The Morgan fingerprint density at radius 3 is 2.55 bits per heavy atom. The van der Waals surface area contributed by atoms with Crippen LogP contribution in [0, 0.1) is 0 Å². The van der Waals surface area contributed by atoms with Crippen molar-refractivity contribution in [2.24, 2.45) is 0 Å². The summed E-state index contributed by atoms with van der Waals surface area (Å²) in [4.78, 5) is 11.4. The monoisotopic (exact) mass is 364 g/mol. The molecule has 5 nitrogen and oxygen atoms in total. The van der Waals surface area contributed by atoms with Gasteiger partial charge in [-0.15, -0.1) is 0 Å². The normalized spacial score (nSPS) is 11.3. The number of ether oxygens (including phenoxy) is 2. The molecule has 7 heteroatoms.